The number of rotatable bonds is 6. The first kappa shape index (κ1) is 17.9. The summed E-state index contributed by atoms with van der Waals surface area (Å²) >= 11 is 5.89. The third-order valence-corrected chi connectivity index (χ3v) is 3.71. The van der Waals surface area contributed by atoms with E-state index in [0.717, 1.165) is 5.56 Å². The minimum absolute atomic E-state index is 0.0525. The molecule has 0 heterocycles. The van der Waals surface area contributed by atoms with Gasteiger partial charge in [-0.1, -0.05) is 29.8 Å². The van der Waals surface area contributed by atoms with Crippen molar-refractivity contribution in [3.05, 3.63) is 70.5 Å². The zero-order chi connectivity index (χ0) is 17.5. The molecule has 0 unspecified atom stereocenters. The predicted octanol–water partition coefficient (Wildman–Crippen LogP) is 3.26. The van der Waals surface area contributed by atoms with Crippen molar-refractivity contribution < 1.29 is 14.0 Å². The van der Waals surface area contributed by atoms with Gasteiger partial charge in [-0.25, -0.2) is 4.39 Å². The van der Waals surface area contributed by atoms with Crippen LogP contribution >= 0.6 is 11.6 Å². The van der Waals surface area contributed by atoms with E-state index in [1.54, 1.807) is 43.3 Å². The highest BCUT2D eigenvalue weighted by Gasteiger charge is 2.17. The Kier molecular flexibility index (Phi) is 6.32. The van der Waals surface area contributed by atoms with E-state index in [-0.39, 0.29) is 30.7 Å². The van der Waals surface area contributed by atoms with Crippen LogP contribution < -0.4 is 5.32 Å². The van der Waals surface area contributed by atoms with Crippen LogP contribution in [0.3, 0.4) is 0 Å². The van der Waals surface area contributed by atoms with Crippen molar-refractivity contribution in [1.82, 2.24) is 10.2 Å². The van der Waals surface area contributed by atoms with Gasteiger partial charge >= 0.3 is 0 Å². The lowest BCUT2D eigenvalue weighted by atomic mass is 10.2. The molecule has 24 heavy (non-hydrogen) atoms. The van der Waals surface area contributed by atoms with Gasteiger partial charge in [-0.3, -0.25) is 9.59 Å². The molecule has 0 fully saturated rings. The maximum absolute atomic E-state index is 12.8. The molecule has 0 bridgehead atoms. The molecule has 2 amide bonds. The zero-order valence-corrected chi connectivity index (χ0v) is 14.0. The van der Waals surface area contributed by atoms with Crippen LogP contribution in [0.5, 0.6) is 0 Å². The van der Waals surface area contributed by atoms with Crippen LogP contribution in [0.25, 0.3) is 0 Å². The molecule has 0 aliphatic carbocycles. The van der Waals surface area contributed by atoms with Gasteiger partial charge in [-0.2, -0.15) is 0 Å². The van der Waals surface area contributed by atoms with E-state index in [1.165, 1.54) is 17.0 Å². The fraction of sp³-hybridized carbons (Fsp3) is 0.222. The largest absolute Gasteiger partial charge is 0.350 e. The fourth-order valence-corrected chi connectivity index (χ4v) is 2.35. The summed E-state index contributed by atoms with van der Waals surface area (Å²) in [6.07, 6.45) is 0. The summed E-state index contributed by atoms with van der Waals surface area (Å²) in [5.74, 6) is -0.858. The van der Waals surface area contributed by atoms with E-state index in [9.17, 15) is 14.0 Å². The Morgan fingerprint density at radius 2 is 1.88 bits per heavy atom. The molecular formula is C18H18ClFN2O2. The van der Waals surface area contributed by atoms with Crippen LogP contribution in [-0.4, -0.2) is 29.8 Å². The number of likely N-dealkylation sites (N-methyl/N-ethyl adjacent to an activating group) is 1. The summed E-state index contributed by atoms with van der Waals surface area (Å²) in [5.41, 5.74) is 1.23. The Balaban J connectivity index is 1.92. The van der Waals surface area contributed by atoms with Crippen molar-refractivity contribution in [1.29, 1.82) is 0 Å². The molecule has 0 atom stereocenters. The molecule has 0 radical (unpaired) electrons. The first-order valence-electron chi connectivity index (χ1n) is 7.55. The van der Waals surface area contributed by atoms with E-state index in [1.807, 2.05) is 0 Å². The van der Waals surface area contributed by atoms with Crippen molar-refractivity contribution in [2.24, 2.45) is 0 Å². The standard InChI is InChI=1S/C18H18ClFN2O2/c1-2-22(18(24)14-4-3-5-15(19)10-14)12-17(23)21-11-13-6-8-16(20)9-7-13/h3-10H,2,11-12H2,1H3,(H,21,23). The summed E-state index contributed by atoms with van der Waals surface area (Å²) in [6.45, 7) is 2.43. The third-order valence-electron chi connectivity index (χ3n) is 3.48. The number of hydrogen-bond acceptors (Lipinski definition) is 2. The second-order valence-electron chi connectivity index (χ2n) is 5.23. The maximum atomic E-state index is 12.8. The number of hydrogen-bond donors (Lipinski definition) is 1. The number of halogens is 2. The highest BCUT2D eigenvalue weighted by atomic mass is 35.5. The van der Waals surface area contributed by atoms with Gasteiger partial charge in [-0.15, -0.1) is 0 Å². The smallest absolute Gasteiger partial charge is 0.254 e. The first-order valence-corrected chi connectivity index (χ1v) is 7.93. The van der Waals surface area contributed by atoms with Crippen molar-refractivity contribution in [2.45, 2.75) is 13.5 Å². The normalized spacial score (nSPS) is 10.3. The quantitative estimate of drug-likeness (QED) is 0.871. The average Bonchev–Trinajstić information content (AvgIpc) is 2.58. The first-order chi connectivity index (χ1) is 11.5. The predicted molar refractivity (Wildman–Crippen MR) is 91.3 cm³/mol. The van der Waals surface area contributed by atoms with Crippen LogP contribution in [-0.2, 0) is 11.3 Å². The van der Waals surface area contributed by atoms with Gasteiger partial charge in [-0.05, 0) is 42.8 Å². The van der Waals surface area contributed by atoms with Crippen LogP contribution in [0, 0.1) is 5.82 Å². The van der Waals surface area contributed by atoms with Gasteiger partial charge in [0.15, 0.2) is 0 Å². The Hall–Kier alpha value is -2.40. The lowest BCUT2D eigenvalue weighted by Crippen LogP contribution is -2.40. The Labute approximate surface area is 145 Å². The molecule has 4 nitrogen and oxygen atoms in total. The molecule has 0 aromatic heterocycles. The number of carbonyl (C=O) groups excluding carboxylic acids is 2. The monoisotopic (exact) mass is 348 g/mol. The summed E-state index contributed by atoms with van der Waals surface area (Å²) in [4.78, 5) is 25.9. The van der Waals surface area contributed by atoms with Crippen molar-refractivity contribution in [3.8, 4) is 0 Å². The second-order valence-corrected chi connectivity index (χ2v) is 5.67. The van der Waals surface area contributed by atoms with E-state index in [4.69, 9.17) is 11.6 Å². The Bertz CT molecular complexity index is 719. The maximum Gasteiger partial charge on any atom is 0.254 e. The summed E-state index contributed by atoms with van der Waals surface area (Å²) in [6, 6.07) is 12.5. The molecule has 6 heteroatoms. The van der Waals surface area contributed by atoms with Gasteiger partial charge in [0.2, 0.25) is 5.91 Å². The number of amides is 2. The molecule has 2 aromatic carbocycles. The van der Waals surface area contributed by atoms with Crippen LogP contribution in [0.1, 0.15) is 22.8 Å². The van der Waals surface area contributed by atoms with Gasteiger partial charge in [0.1, 0.15) is 5.82 Å². The molecular weight excluding hydrogens is 331 g/mol. The van der Waals surface area contributed by atoms with E-state index >= 15 is 0 Å². The lowest BCUT2D eigenvalue weighted by Gasteiger charge is -2.20. The van der Waals surface area contributed by atoms with Gasteiger partial charge in [0, 0.05) is 23.7 Å². The molecule has 1 N–H and O–H groups in total. The molecule has 0 saturated carbocycles. The highest BCUT2D eigenvalue weighted by molar-refractivity contribution is 6.30. The van der Waals surface area contributed by atoms with Crippen molar-refractivity contribution in [2.75, 3.05) is 13.1 Å². The molecule has 2 rings (SSSR count). The molecule has 2 aromatic rings. The summed E-state index contributed by atoms with van der Waals surface area (Å²) < 4.78 is 12.8. The van der Waals surface area contributed by atoms with Crippen LogP contribution in [0.15, 0.2) is 48.5 Å². The van der Waals surface area contributed by atoms with Crippen LogP contribution in [0.2, 0.25) is 5.02 Å². The summed E-state index contributed by atoms with van der Waals surface area (Å²) in [7, 11) is 0. The summed E-state index contributed by atoms with van der Waals surface area (Å²) in [5, 5.41) is 3.19. The third kappa shape index (κ3) is 5.06. The number of benzene rings is 2. The van der Waals surface area contributed by atoms with E-state index in [0.29, 0.717) is 17.1 Å². The number of carbonyl (C=O) groups is 2. The average molecular weight is 349 g/mol. The SMILES string of the molecule is CCN(CC(=O)NCc1ccc(F)cc1)C(=O)c1cccc(Cl)c1. The molecule has 0 saturated heterocycles. The lowest BCUT2D eigenvalue weighted by molar-refractivity contribution is -0.121. The Morgan fingerprint density at radius 1 is 1.17 bits per heavy atom. The highest BCUT2D eigenvalue weighted by Crippen LogP contribution is 2.12. The fourth-order valence-electron chi connectivity index (χ4n) is 2.16. The minimum atomic E-state index is -0.325. The van der Waals surface area contributed by atoms with Gasteiger partial charge in [0.05, 0.1) is 6.54 Å². The van der Waals surface area contributed by atoms with Gasteiger partial charge < -0.3 is 10.2 Å². The minimum Gasteiger partial charge on any atom is -0.350 e. The van der Waals surface area contributed by atoms with E-state index in [2.05, 4.69) is 5.32 Å². The topological polar surface area (TPSA) is 49.4 Å². The molecule has 0 aliphatic heterocycles. The van der Waals surface area contributed by atoms with Crippen LogP contribution in [0.4, 0.5) is 4.39 Å². The number of nitrogens with one attached hydrogen (secondary N) is 1. The number of nitrogens with zero attached hydrogens (tertiary/aromatic N) is 1. The Morgan fingerprint density at radius 3 is 2.50 bits per heavy atom. The van der Waals surface area contributed by atoms with E-state index < -0.39 is 0 Å². The zero-order valence-electron chi connectivity index (χ0n) is 13.3. The second kappa shape index (κ2) is 8.45. The molecule has 0 spiro atoms. The van der Waals surface area contributed by atoms with Crippen molar-refractivity contribution in [3.63, 3.8) is 0 Å². The molecule has 126 valence electrons. The molecule has 0 aliphatic rings. The van der Waals surface area contributed by atoms with Gasteiger partial charge in [0.25, 0.3) is 5.91 Å². The van der Waals surface area contributed by atoms with Crippen molar-refractivity contribution >= 4 is 23.4 Å².